The van der Waals surface area contributed by atoms with E-state index in [1.165, 1.54) is 0 Å². The third kappa shape index (κ3) is 2.59. The summed E-state index contributed by atoms with van der Waals surface area (Å²) in [4.78, 5) is 25.8. The number of carbonyl (C=O) groups is 2. The van der Waals surface area contributed by atoms with Crippen LogP contribution in [0, 0.1) is 5.92 Å². The number of aromatic nitrogens is 2. The molecule has 1 saturated carbocycles. The van der Waals surface area contributed by atoms with Gasteiger partial charge in [-0.1, -0.05) is 0 Å². The average molecular weight is 291 g/mol. The van der Waals surface area contributed by atoms with Crippen molar-refractivity contribution in [2.24, 2.45) is 5.92 Å². The second-order valence-electron chi connectivity index (χ2n) is 5.85. The van der Waals surface area contributed by atoms with Gasteiger partial charge in [0.1, 0.15) is 0 Å². The summed E-state index contributed by atoms with van der Waals surface area (Å²) in [6.45, 7) is 1.14. The molecule has 2 amide bonds. The Labute approximate surface area is 123 Å². The molecule has 0 atom stereocenters. The van der Waals surface area contributed by atoms with Crippen LogP contribution in [0.3, 0.4) is 0 Å². The molecule has 1 aromatic rings. The van der Waals surface area contributed by atoms with Gasteiger partial charge in [0.2, 0.25) is 5.91 Å². The number of anilines is 1. The molecule has 3 rings (SSSR count). The normalized spacial score (nSPS) is 19.6. The molecule has 1 aliphatic heterocycles. The van der Waals surface area contributed by atoms with Gasteiger partial charge in [0.05, 0.1) is 11.4 Å². The minimum absolute atomic E-state index is 0.00222. The van der Waals surface area contributed by atoms with Gasteiger partial charge in [0.15, 0.2) is 5.69 Å². The maximum absolute atomic E-state index is 12.5. The highest BCUT2D eigenvalue weighted by molar-refractivity contribution is 5.98. The number of aromatic amines is 1. The van der Waals surface area contributed by atoms with E-state index in [2.05, 4.69) is 15.5 Å². The Morgan fingerprint density at radius 3 is 2.52 bits per heavy atom. The third-order valence-corrected chi connectivity index (χ3v) is 4.42. The summed E-state index contributed by atoms with van der Waals surface area (Å²) >= 11 is 0. The van der Waals surface area contributed by atoms with Crippen molar-refractivity contribution < 1.29 is 9.59 Å². The lowest BCUT2D eigenvalue weighted by Gasteiger charge is -2.30. The highest BCUT2D eigenvalue weighted by Crippen LogP contribution is 2.42. The maximum Gasteiger partial charge on any atom is 0.276 e. The molecule has 0 unspecified atom stereocenters. The number of amides is 2. The zero-order valence-corrected chi connectivity index (χ0v) is 12.2. The molecule has 0 aromatic carbocycles. The quantitative estimate of drug-likeness (QED) is 0.753. The van der Waals surface area contributed by atoms with Crippen molar-refractivity contribution in [1.29, 1.82) is 0 Å². The minimum atomic E-state index is -0.133. The van der Waals surface area contributed by atoms with Crippen molar-refractivity contribution in [3.05, 3.63) is 11.4 Å². The van der Waals surface area contributed by atoms with Gasteiger partial charge in [-0.25, -0.2) is 0 Å². The molecule has 7 heteroatoms. The minimum Gasteiger partial charge on any atom is -0.395 e. The van der Waals surface area contributed by atoms with Gasteiger partial charge >= 0.3 is 0 Å². The van der Waals surface area contributed by atoms with E-state index in [0.29, 0.717) is 43.2 Å². The first kappa shape index (κ1) is 13.9. The molecular weight excluding hydrogens is 270 g/mol. The maximum atomic E-state index is 12.5. The van der Waals surface area contributed by atoms with E-state index in [4.69, 9.17) is 5.73 Å². The van der Waals surface area contributed by atoms with E-state index in [1.807, 2.05) is 0 Å². The van der Waals surface area contributed by atoms with Crippen LogP contribution in [0.25, 0.3) is 0 Å². The predicted octanol–water partition coefficient (Wildman–Crippen LogP) is 0.467. The second-order valence-corrected chi connectivity index (χ2v) is 5.85. The van der Waals surface area contributed by atoms with Crippen LogP contribution < -0.4 is 11.1 Å². The van der Waals surface area contributed by atoms with E-state index in [9.17, 15) is 9.59 Å². The summed E-state index contributed by atoms with van der Waals surface area (Å²) in [5, 5.41) is 9.67. The Hall–Kier alpha value is -2.05. The molecular formula is C14H21N5O2. The molecule has 0 radical (unpaired) electrons. The number of nitrogens with one attached hydrogen (secondary N) is 2. The molecule has 4 N–H and O–H groups in total. The molecule has 0 spiro atoms. The van der Waals surface area contributed by atoms with E-state index in [-0.39, 0.29) is 17.7 Å². The highest BCUT2D eigenvalue weighted by Gasteiger charge is 2.33. The van der Waals surface area contributed by atoms with Crippen molar-refractivity contribution in [2.45, 2.75) is 31.6 Å². The van der Waals surface area contributed by atoms with Gasteiger partial charge in [0, 0.05) is 32.0 Å². The number of rotatable bonds is 3. The number of likely N-dealkylation sites (tertiary alicyclic amines) is 1. The number of nitrogen functional groups attached to an aromatic ring is 1. The lowest BCUT2D eigenvalue weighted by atomic mass is 9.96. The van der Waals surface area contributed by atoms with Crippen LogP contribution in [0.15, 0.2) is 0 Å². The Morgan fingerprint density at radius 2 is 1.95 bits per heavy atom. The summed E-state index contributed by atoms with van der Waals surface area (Å²) < 4.78 is 0. The van der Waals surface area contributed by atoms with Gasteiger partial charge in [-0.2, -0.15) is 5.10 Å². The summed E-state index contributed by atoms with van der Waals surface area (Å²) in [6, 6.07) is 0. The fourth-order valence-electron chi connectivity index (χ4n) is 2.91. The van der Waals surface area contributed by atoms with Gasteiger partial charge in [-0.15, -0.1) is 0 Å². The number of hydrogen-bond acceptors (Lipinski definition) is 4. The van der Waals surface area contributed by atoms with Crippen molar-refractivity contribution in [3.63, 3.8) is 0 Å². The lowest BCUT2D eigenvalue weighted by Crippen LogP contribution is -2.42. The fraction of sp³-hybridized carbons (Fsp3) is 0.643. The van der Waals surface area contributed by atoms with Crippen LogP contribution in [0.2, 0.25) is 0 Å². The highest BCUT2D eigenvalue weighted by atomic mass is 16.2. The summed E-state index contributed by atoms with van der Waals surface area (Å²) in [5.74, 6) is 0.360. The van der Waals surface area contributed by atoms with E-state index in [0.717, 1.165) is 18.5 Å². The van der Waals surface area contributed by atoms with E-state index < -0.39 is 0 Å². The van der Waals surface area contributed by atoms with Gasteiger partial charge < -0.3 is 16.0 Å². The SMILES string of the molecule is CNC(=O)C1CCN(C(=O)c2n[nH]c(C3CC3)c2N)CC1. The number of piperidine rings is 1. The standard InChI is InChI=1S/C14H21N5O2/c1-16-13(20)9-4-6-19(7-5-9)14(21)12-10(15)11(17-18-12)8-2-3-8/h8-9H,2-7,15H2,1H3,(H,16,20)(H,17,18). The second kappa shape index (κ2) is 5.38. The van der Waals surface area contributed by atoms with Crippen molar-refractivity contribution in [1.82, 2.24) is 20.4 Å². The number of nitrogens with two attached hydrogens (primary N) is 1. The number of hydrogen-bond donors (Lipinski definition) is 3. The van der Waals surface area contributed by atoms with Gasteiger partial charge in [0.25, 0.3) is 5.91 Å². The molecule has 0 bridgehead atoms. The van der Waals surface area contributed by atoms with Crippen LogP contribution in [-0.2, 0) is 4.79 Å². The average Bonchev–Trinajstić information content (AvgIpc) is 3.29. The zero-order valence-electron chi connectivity index (χ0n) is 12.2. The first-order valence-corrected chi connectivity index (χ1v) is 7.46. The van der Waals surface area contributed by atoms with E-state index in [1.54, 1.807) is 11.9 Å². The first-order chi connectivity index (χ1) is 10.1. The van der Waals surface area contributed by atoms with Crippen LogP contribution in [-0.4, -0.2) is 47.0 Å². The summed E-state index contributed by atoms with van der Waals surface area (Å²) in [7, 11) is 1.64. The molecule has 114 valence electrons. The van der Waals surface area contributed by atoms with Crippen LogP contribution in [0.5, 0.6) is 0 Å². The number of nitrogens with zero attached hydrogens (tertiary/aromatic N) is 2. The number of carbonyl (C=O) groups excluding carboxylic acids is 2. The first-order valence-electron chi connectivity index (χ1n) is 7.46. The molecule has 1 saturated heterocycles. The molecule has 1 aromatic heterocycles. The Morgan fingerprint density at radius 1 is 1.29 bits per heavy atom. The molecule has 1 aliphatic carbocycles. The Balaban J connectivity index is 1.65. The monoisotopic (exact) mass is 291 g/mol. The van der Waals surface area contributed by atoms with Crippen LogP contribution in [0.1, 0.15) is 47.8 Å². The Kier molecular flexibility index (Phi) is 3.57. The predicted molar refractivity (Wildman–Crippen MR) is 77.7 cm³/mol. The molecule has 2 aliphatic rings. The van der Waals surface area contributed by atoms with E-state index >= 15 is 0 Å². The third-order valence-electron chi connectivity index (χ3n) is 4.42. The Bertz CT molecular complexity index is 556. The fourth-order valence-corrected chi connectivity index (χ4v) is 2.91. The van der Waals surface area contributed by atoms with Gasteiger partial charge in [-0.3, -0.25) is 14.7 Å². The van der Waals surface area contributed by atoms with Crippen LogP contribution >= 0.6 is 0 Å². The van der Waals surface area contributed by atoms with Crippen molar-refractivity contribution in [3.8, 4) is 0 Å². The number of H-pyrrole nitrogens is 1. The largest absolute Gasteiger partial charge is 0.395 e. The molecule has 7 nitrogen and oxygen atoms in total. The topological polar surface area (TPSA) is 104 Å². The zero-order chi connectivity index (χ0) is 15.0. The molecule has 2 heterocycles. The van der Waals surface area contributed by atoms with Crippen LogP contribution in [0.4, 0.5) is 5.69 Å². The summed E-state index contributed by atoms with van der Waals surface area (Å²) in [6.07, 6.45) is 3.59. The lowest BCUT2D eigenvalue weighted by molar-refractivity contribution is -0.125. The smallest absolute Gasteiger partial charge is 0.276 e. The summed E-state index contributed by atoms with van der Waals surface area (Å²) in [5.41, 5.74) is 7.77. The van der Waals surface area contributed by atoms with Crippen molar-refractivity contribution in [2.75, 3.05) is 25.9 Å². The van der Waals surface area contributed by atoms with Crippen molar-refractivity contribution >= 4 is 17.5 Å². The van der Waals surface area contributed by atoms with Gasteiger partial charge in [-0.05, 0) is 25.7 Å². The molecule has 21 heavy (non-hydrogen) atoms. The molecule has 2 fully saturated rings.